The summed E-state index contributed by atoms with van der Waals surface area (Å²) in [5.74, 6) is -0.615. The Labute approximate surface area is 156 Å². The lowest BCUT2D eigenvalue weighted by Gasteiger charge is -2.19. The molecule has 27 heavy (non-hydrogen) atoms. The van der Waals surface area contributed by atoms with Gasteiger partial charge in [0.1, 0.15) is 11.4 Å². The predicted octanol–water partition coefficient (Wildman–Crippen LogP) is 2.68. The minimum absolute atomic E-state index is 0.0645. The van der Waals surface area contributed by atoms with Crippen molar-refractivity contribution in [2.24, 2.45) is 0 Å². The zero-order valence-electron chi connectivity index (χ0n) is 15.7. The van der Waals surface area contributed by atoms with Crippen molar-refractivity contribution in [3.05, 3.63) is 46.4 Å². The standard InChI is InChI=1S/C19H24N2O6/c1-19(2,3)27-18(25)20-7-4-5-9-26-15-6-8-21-14(12-15)10-13(17(23)24)11-16(21)22/h6,8,10-12H,4-5,7,9H2,1-3H3,(H,20,25)(H,23,24). The van der Waals surface area contributed by atoms with Crippen LogP contribution in [0.2, 0.25) is 0 Å². The van der Waals surface area contributed by atoms with Gasteiger partial charge in [-0.25, -0.2) is 9.59 Å². The number of fused-ring (bicyclic) bond motifs is 1. The molecule has 2 rings (SSSR count). The molecule has 0 bridgehead atoms. The predicted molar refractivity (Wildman–Crippen MR) is 99.6 cm³/mol. The number of nitrogens with zero attached hydrogens (tertiary/aromatic N) is 1. The molecule has 8 nitrogen and oxygen atoms in total. The van der Waals surface area contributed by atoms with Gasteiger partial charge in [-0.3, -0.25) is 9.20 Å². The Bertz CT molecular complexity index is 882. The van der Waals surface area contributed by atoms with E-state index in [1.807, 2.05) is 0 Å². The fourth-order valence-electron chi connectivity index (χ4n) is 2.35. The number of hydrogen-bond acceptors (Lipinski definition) is 5. The molecule has 0 aliphatic carbocycles. The molecule has 0 aliphatic heterocycles. The van der Waals surface area contributed by atoms with Crippen LogP contribution in [-0.4, -0.2) is 40.3 Å². The highest BCUT2D eigenvalue weighted by Crippen LogP contribution is 2.15. The number of carbonyl (C=O) groups is 2. The van der Waals surface area contributed by atoms with Crippen LogP contribution < -0.4 is 15.6 Å². The van der Waals surface area contributed by atoms with Gasteiger partial charge in [0.25, 0.3) is 5.56 Å². The lowest BCUT2D eigenvalue weighted by Crippen LogP contribution is -2.33. The number of carbonyl (C=O) groups excluding carboxylic acids is 1. The zero-order valence-corrected chi connectivity index (χ0v) is 15.7. The SMILES string of the molecule is CC(C)(C)OC(=O)NCCCCOc1ccn2c(=O)cc(C(=O)O)cc2c1. The van der Waals surface area contributed by atoms with Crippen LogP contribution in [0.4, 0.5) is 4.79 Å². The summed E-state index contributed by atoms with van der Waals surface area (Å²) in [5, 5.41) is 11.7. The molecule has 146 valence electrons. The maximum absolute atomic E-state index is 11.9. The molecule has 0 saturated heterocycles. The maximum Gasteiger partial charge on any atom is 0.407 e. The summed E-state index contributed by atoms with van der Waals surface area (Å²) < 4.78 is 12.1. The van der Waals surface area contributed by atoms with Crippen LogP contribution in [0.25, 0.3) is 5.52 Å². The van der Waals surface area contributed by atoms with E-state index in [2.05, 4.69) is 5.32 Å². The van der Waals surface area contributed by atoms with E-state index in [-0.39, 0.29) is 5.56 Å². The Balaban J connectivity index is 1.82. The second-order valence-electron chi connectivity index (χ2n) is 7.03. The summed E-state index contributed by atoms with van der Waals surface area (Å²) in [4.78, 5) is 34.5. The van der Waals surface area contributed by atoms with Crippen molar-refractivity contribution in [2.75, 3.05) is 13.2 Å². The number of amides is 1. The van der Waals surface area contributed by atoms with E-state index in [4.69, 9.17) is 14.6 Å². The molecule has 0 unspecified atom stereocenters. The number of pyridine rings is 2. The van der Waals surface area contributed by atoms with Gasteiger partial charge in [-0.05, 0) is 45.7 Å². The molecule has 2 aromatic heterocycles. The van der Waals surface area contributed by atoms with Gasteiger partial charge < -0.3 is 19.9 Å². The van der Waals surface area contributed by atoms with E-state index in [1.165, 1.54) is 10.5 Å². The van der Waals surface area contributed by atoms with Crippen LogP contribution >= 0.6 is 0 Å². The van der Waals surface area contributed by atoms with Crippen molar-refractivity contribution < 1.29 is 24.2 Å². The summed E-state index contributed by atoms with van der Waals surface area (Å²) in [6.45, 7) is 6.31. The smallest absolute Gasteiger partial charge is 0.407 e. The van der Waals surface area contributed by atoms with Gasteiger partial charge in [-0.15, -0.1) is 0 Å². The van der Waals surface area contributed by atoms with Crippen molar-refractivity contribution in [3.63, 3.8) is 0 Å². The van der Waals surface area contributed by atoms with E-state index in [9.17, 15) is 14.4 Å². The number of unbranched alkanes of at least 4 members (excludes halogenated alkanes) is 1. The first-order valence-corrected chi connectivity index (χ1v) is 8.65. The topological polar surface area (TPSA) is 106 Å². The minimum atomic E-state index is -1.15. The second-order valence-corrected chi connectivity index (χ2v) is 7.03. The minimum Gasteiger partial charge on any atom is -0.493 e. The highest BCUT2D eigenvalue weighted by Gasteiger charge is 2.15. The first-order valence-electron chi connectivity index (χ1n) is 8.65. The zero-order chi connectivity index (χ0) is 20.0. The number of ether oxygens (including phenoxy) is 2. The molecular weight excluding hydrogens is 352 g/mol. The van der Waals surface area contributed by atoms with E-state index in [0.717, 1.165) is 12.5 Å². The first-order chi connectivity index (χ1) is 12.7. The van der Waals surface area contributed by atoms with Gasteiger partial charge >= 0.3 is 12.1 Å². The number of rotatable bonds is 7. The Morgan fingerprint density at radius 3 is 2.59 bits per heavy atom. The molecule has 0 radical (unpaired) electrons. The third kappa shape index (κ3) is 6.32. The summed E-state index contributed by atoms with van der Waals surface area (Å²) in [5.41, 5.74) is -0.551. The molecule has 2 heterocycles. The molecule has 8 heteroatoms. The summed E-state index contributed by atoms with van der Waals surface area (Å²) in [6, 6.07) is 5.76. The summed E-state index contributed by atoms with van der Waals surface area (Å²) in [7, 11) is 0. The van der Waals surface area contributed by atoms with Crippen LogP contribution in [0.5, 0.6) is 5.75 Å². The van der Waals surface area contributed by atoms with Crippen molar-refractivity contribution in [1.29, 1.82) is 0 Å². The van der Waals surface area contributed by atoms with Gasteiger partial charge in [0.15, 0.2) is 0 Å². The fraction of sp³-hybridized carbons (Fsp3) is 0.421. The lowest BCUT2D eigenvalue weighted by atomic mass is 10.2. The van der Waals surface area contributed by atoms with Gasteiger partial charge in [0.05, 0.1) is 17.7 Å². The largest absolute Gasteiger partial charge is 0.493 e. The van der Waals surface area contributed by atoms with Gasteiger partial charge in [0, 0.05) is 24.9 Å². The number of carboxylic acids is 1. The normalized spacial score (nSPS) is 11.2. The van der Waals surface area contributed by atoms with Crippen LogP contribution in [0.3, 0.4) is 0 Å². The number of alkyl carbamates (subject to hydrolysis) is 1. The van der Waals surface area contributed by atoms with E-state index < -0.39 is 23.2 Å². The first kappa shape index (κ1) is 20.3. The number of aromatic carboxylic acids is 1. The molecule has 0 spiro atoms. The van der Waals surface area contributed by atoms with Crippen LogP contribution in [0.15, 0.2) is 35.3 Å². The van der Waals surface area contributed by atoms with Gasteiger partial charge in [-0.2, -0.15) is 0 Å². The Morgan fingerprint density at radius 2 is 1.93 bits per heavy atom. The van der Waals surface area contributed by atoms with E-state index in [0.29, 0.717) is 30.8 Å². The van der Waals surface area contributed by atoms with Crippen molar-refractivity contribution >= 4 is 17.6 Å². The Morgan fingerprint density at radius 1 is 1.19 bits per heavy atom. The molecule has 0 saturated carbocycles. The second kappa shape index (κ2) is 8.57. The Hall–Kier alpha value is -3.03. The fourth-order valence-corrected chi connectivity index (χ4v) is 2.35. The number of carboxylic acid groups (broad SMARTS) is 1. The van der Waals surface area contributed by atoms with Crippen LogP contribution in [0, 0.1) is 0 Å². The van der Waals surface area contributed by atoms with Gasteiger partial charge in [-0.1, -0.05) is 0 Å². The average molecular weight is 376 g/mol. The molecule has 2 aromatic rings. The van der Waals surface area contributed by atoms with E-state index >= 15 is 0 Å². The lowest BCUT2D eigenvalue weighted by molar-refractivity contribution is 0.0525. The molecule has 0 aliphatic rings. The van der Waals surface area contributed by atoms with Crippen molar-refractivity contribution in [1.82, 2.24) is 9.72 Å². The molecule has 2 N–H and O–H groups in total. The van der Waals surface area contributed by atoms with Gasteiger partial charge in [0.2, 0.25) is 0 Å². The van der Waals surface area contributed by atoms with E-state index in [1.54, 1.807) is 39.1 Å². The molecule has 0 aromatic carbocycles. The quantitative estimate of drug-likeness (QED) is 0.720. The van der Waals surface area contributed by atoms with Crippen molar-refractivity contribution in [3.8, 4) is 5.75 Å². The highest BCUT2D eigenvalue weighted by molar-refractivity contribution is 5.89. The number of hydrogen-bond donors (Lipinski definition) is 2. The number of nitrogens with one attached hydrogen (secondary N) is 1. The molecular formula is C19H24N2O6. The van der Waals surface area contributed by atoms with Crippen molar-refractivity contribution in [2.45, 2.75) is 39.2 Å². The third-order valence-corrected chi connectivity index (χ3v) is 3.53. The molecule has 0 fully saturated rings. The third-order valence-electron chi connectivity index (χ3n) is 3.53. The highest BCUT2D eigenvalue weighted by atomic mass is 16.6. The summed E-state index contributed by atoms with van der Waals surface area (Å²) in [6.07, 6.45) is 2.53. The maximum atomic E-state index is 11.9. The Kier molecular flexibility index (Phi) is 6.44. The summed E-state index contributed by atoms with van der Waals surface area (Å²) >= 11 is 0. The average Bonchev–Trinajstić information content (AvgIpc) is 2.56. The monoisotopic (exact) mass is 376 g/mol. The van der Waals surface area contributed by atoms with Crippen LogP contribution in [0.1, 0.15) is 44.0 Å². The molecule has 0 atom stereocenters. The number of aromatic nitrogens is 1. The van der Waals surface area contributed by atoms with Crippen LogP contribution in [-0.2, 0) is 4.74 Å². The molecule has 1 amide bonds.